The third kappa shape index (κ3) is 3.29. The van der Waals surface area contributed by atoms with Gasteiger partial charge >= 0.3 is 0 Å². The van der Waals surface area contributed by atoms with Crippen LogP contribution in [0.15, 0.2) is 48.5 Å². The van der Waals surface area contributed by atoms with Crippen molar-refractivity contribution in [3.8, 4) is 5.75 Å². The molecule has 0 spiro atoms. The van der Waals surface area contributed by atoms with Crippen molar-refractivity contribution >= 4 is 11.6 Å². The van der Waals surface area contributed by atoms with E-state index in [0.717, 1.165) is 30.1 Å². The lowest BCUT2D eigenvalue weighted by Gasteiger charge is -2.39. The first kappa shape index (κ1) is 16.5. The number of benzene rings is 2. The van der Waals surface area contributed by atoms with Gasteiger partial charge in [0.25, 0.3) is 0 Å². The summed E-state index contributed by atoms with van der Waals surface area (Å²) in [7, 11) is 1.65. The maximum Gasteiger partial charge on any atom is 0.244 e. The van der Waals surface area contributed by atoms with Crippen molar-refractivity contribution in [2.45, 2.75) is 26.4 Å². The highest BCUT2D eigenvalue weighted by Gasteiger charge is 2.33. The number of hydrogen-bond acceptors (Lipinski definition) is 3. The Morgan fingerprint density at radius 3 is 2.58 bits per heavy atom. The smallest absolute Gasteiger partial charge is 0.244 e. The van der Waals surface area contributed by atoms with Crippen molar-refractivity contribution in [2.24, 2.45) is 0 Å². The molecule has 0 radical (unpaired) electrons. The van der Waals surface area contributed by atoms with E-state index in [1.54, 1.807) is 7.11 Å². The third-order valence-corrected chi connectivity index (χ3v) is 4.64. The quantitative estimate of drug-likeness (QED) is 0.865. The zero-order chi connectivity index (χ0) is 17.1. The van der Waals surface area contributed by atoms with Gasteiger partial charge in [-0.15, -0.1) is 0 Å². The summed E-state index contributed by atoms with van der Waals surface area (Å²) in [6.07, 6.45) is 0. The first-order valence-electron chi connectivity index (χ1n) is 8.34. The van der Waals surface area contributed by atoms with E-state index in [1.807, 2.05) is 55.1 Å². The summed E-state index contributed by atoms with van der Waals surface area (Å²) in [4.78, 5) is 17.0. The number of anilines is 1. The number of rotatable bonds is 4. The van der Waals surface area contributed by atoms with Crippen LogP contribution in [0.4, 0.5) is 5.69 Å². The standard InChI is InChI=1S/C20H24N2O2/c1-15-9-10-19(24-3)18(13-15)22-12-11-21(16(2)20(22)23)14-17-7-5-4-6-8-17/h4-10,13,16H,11-12,14H2,1-3H3/t16-/m0/s1. The van der Waals surface area contributed by atoms with Crippen molar-refractivity contribution in [1.82, 2.24) is 4.90 Å². The van der Waals surface area contributed by atoms with Crippen molar-refractivity contribution in [2.75, 3.05) is 25.1 Å². The Kier molecular flexibility index (Phi) is 4.86. The topological polar surface area (TPSA) is 32.8 Å². The zero-order valence-corrected chi connectivity index (χ0v) is 14.5. The maximum absolute atomic E-state index is 12.9. The van der Waals surface area contributed by atoms with E-state index in [0.29, 0.717) is 6.54 Å². The van der Waals surface area contributed by atoms with Crippen LogP contribution in [0.5, 0.6) is 5.75 Å². The molecule has 0 aliphatic carbocycles. The minimum atomic E-state index is -0.149. The minimum absolute atomic E-state index is 0.126. The fraction of sp³-hybridized carbons (Fsp3) is 0.350. The maximum atomic E-state index is 12.9. The van der Waals surface area contributed by atoms with Crippen LogP contribution < -0.4 is 9.64 Å². The molecule has 4 nitrogen and oxygen atoms in total. The first-order valence-corrected chi connectivity index (χ1v) is 8.34. The lowest BCUT2D eigenvalue weighted by Crippen LogP contribution is -2.55. The Hall–Kier alpha value is -2.33. The van der Waals surface area contributed by atoms with Crippen molar-refractivity contribution in [3.05, 3.63) is 59.7 Å². The molecular weight excluding hydrogens is 300 g/mol. The average Bonchev–Trinajstić information content (AvgIpc) is 2.60. The van der Waals surface area contributed by atoms with Gasteiger partial charge in [0.1, 0.15) is 5.75 Å². The number of carbonyl (C=O) groups excluding carboxylic acids is 1. The van der Waals surface area contributed by atoms with Gasteiger partial charge < -0.3 is 9.64 Å². The number of piperazine rings is 1. The molecule has 1 aliphatic rings. The lowest BCUT2D eigenvalue weighted by molar-refractivity contribution is -0.125. The van der Waals surface area contributed by atoms with Crippen LogP contribution in [0.1, 0.15) is 18.1 Å². The van der Waals surface area contributed by atoms with Crippen molar-refractivity contribution in [1.29, 1.82) is 0 Å². The minimum Gasteiger partial charge on any atom is -0.495 e. The van der Waals surface area contributed by atoms with E-state index in [1.165, 1.54) is 5.56 Å². The molecule has 1 atom stereocenters. The second-order valence-corrected chi connectivity index (χ2v) is 6.30. The Bertz CT molecular complexity index is 715. The highest BCUT2D eigenvalue weighted by molar-refractivity contribution is 5.99. The lowest BCUT2D eigenvalue weighted by atomic mass is 10.1. The monoisotopic (exact) mass is 324 g/mol. The van der Waals surface area contributed by atoms with Gasteiger partial charge in [-0.3, -0.25) is 9.69 Å². The van der Waals surface area contributed by atoms with Gasteiger partial charge in [0.05, 0.1) is 18.8 Å². The number of amides is 1. The molecule has 0 bridgehead atoms. The van der Waals surface area contributed by atoms with Crippen molar-refractivity contribution in [3.63, 3.8) is 0 Å². The number of carbonyl (C=O) groups is 1. The molecule has 1 heterocycles. The molecule has 126 valence electrons. The van der Waals surface area contributed by atoms with Gasteiger partial charge in [0.2, 0.25) is 5.91 Å². The molecule has 0 saturated carbocycles. The van der Waals surface area contributed by atoms with Gasteiger partial charge in [-0.1, -0.05) is 36.4 Å². The number of ether oxygens (including phenoxy) is 1. The molecule has 3 rings (SSSR count). The van der Waals surface area contributed by atoms with Crippen LogP contribution in [-0.2, 0) is 11.3 Å². The van der Waals surface area contributed by atoms with Gasteiger partial charge in [-0.2, -0.15) is 0 Å². The van der Waals surface area contributed by atoms with Crippen LogP contribution in [0, 0.1) is 6.92 Å². The summed E-state index contributed by atoms with van der Waals surface area (Å²) in [6, 6.07) is 16.1. The summed E-state index contributed by atoms with van der Waals surface area (Å²) in [5, 5.41) is 0. The van der Waals surface area contributed by atoms with Crippen LogP contribution in [0.2, 0.25) is 0 Å². The largest absolute Gasteiger partial charge is 0.495 e. The fourth-order valence-corrected chi connectivity index (χ4v) is 3.20. The van der Waals surface area contributed by atoms with E-state index in [2.05, 4.69) is 17.0 Å². The average molecular weight is 324 g/mol. The highest BCUT2D eigenvalue weighted by Crippen LogP contribution is 2.31. The normalized spacial score (nSPS) is 18.7. The van der Waals surface area contributed by atoms with Gasteiger partial charge in [-0.25, -0.2) is 0 Å². The summed E-state index contributed by atoms with van der Waals surface area (Å²) in [6.45, 7) is 6.34. The van der Waals surface area contributed by atoms with Crippen LogP contribution >= 0.6 is 0 Å². The highest BCUT2D eigenvalue weighted by atomic mass is 16.5. The number of methoxy groups -OCH3 is 1. The van der Waals surface area contributed by atoms with E-state index in [-0.39, 0.29) is 11.9 Å². The summed E-state index contributed by atoms with van der Waals surface area (Å²) in [5.74, 6) is 0.874. The molecule has 4 heteroatoms. The Morgan fingerprint density at radius 1 is 1.12 bits per heavy atom. The third-order valence-electron chi connectivity index (χ3n) is 4.64. The van der Waals surface area contributed by atoms with Crippen LogP contribution in [0.25, 0.3) is 0 Å². The molecule has 0 aromatic heterocycles. The molecule has 24 heavy (non-hydrogen) atoms. The molecule has 1 amide bonds. The first-order chi connectivity index (χ1) is 11.6. The van der Waals surface area contributed by atoms with E-state index < -0.39 is 0 Å². The molecule has 1 aliphatic heterocycles. The molecule has 2 aromatic carbocycles. The zero-order valence-electron chi connectivity index (χ0n) is 14.5. The van der Waals surface area contributed by atoms with Gasteiger partial charge in [0.15, 0.2) is 0 Å². The summed E-state index contributed by atoms with van der Waals surface area (Å²) >= 11 is 0. The Morgan fingerprint density at radius 2 is 1.88 bits per heavy atom. The summed E-state index contributed by atoms with van der Waals surface area (Å²) < 4.78 is 5.45. The molecule has 0 N–H and O–H groups in total. The number of hydrogen-bond donors (Lipinski definition) is 0. The Labute approximate surface area is 143 Å². The second kappa shape index (κ2) is 7.05. The fourth-order valence-electron chi connectivity index (χ4n) is 3.20. The SMILES string of the molecule is COc1ccc(C)cc1N1CCN(Cc2ccccc2)[C@@H](C)C1=O. The molecule has 1 fully saturated rings. The summed E-state index contributed by atoms with van der Waals surface area (Å²) in [5.41, 5.74) is 3.23. The van der Waals surface area contributed by atoms with Gasteiger partial charge in [-0.05, 0) is 37.1 Å². The van der Waals surface area contributed by atoms with Crippen LogP contribution in [0.3, 0.4) is 0 Å². The van der Waals surface area contributed by atoms with Crippen LogP contribution in [-0.4, -0.2) is 37.0 Å². The Balaban J connectivity index is 1.79. The molecule has 1 saturated heterocycles. The molecular formula is C20H24N2O2. The predicted octanol–water partition coefficient (Wildman–Crippen LogP) is 3.24. The number of nitrogens with zero attached hydrogens (tertiary/aromatic N) is 2. The number of aryl methyl sites for hydroxylation is 1. The molecule has 2 aromatic rings. The van der Waals surface area contributed by atoms with E-state index >= 15 is 0 Å². The van der Waals surface area contributed by atoms with E-state index in [9.17, 15) is 4.79 Å². The predicted molar refractivity (Wildman–Crippen MR) is 96.4 cm³/mol. The molecule has 0 unspecified atom stereocenters. The van der Waals surface area contributed by atoms with Gasteiger partial charge in [0, 0.05) is 19.6 Å². The second-order valence-electron chi connectivity index (χ2n) is 6.30. The van der Waals surface area contributed by atoms with E-state index in [4.69, 9.17) is 4.74 Å². The van der Waals surface area contributed by atoms with Crippen molar-refractivity contribution < 1.29 is 9.53 Å².